The van der Waals surface area contributed by atoms with Crippen molar-refractivity contribution < 1.29 is 8.42 Å². The third kappa shape index (κ3) is 3.91. The van der Waals surface area contributed by atoms with E-state index in [1.54, 1.807) is 7.05 Å². The molecule has 1 aliphatic carbocycles. The fourth-order valence-corrected chi connectivity index (χ4v) is 3.96. The molecule has 1 fully saturated rings. The van der Waals surface area contributed by atoms with Crippen LogP contribution in [-0.2, 0) is 10.2 Å². The zero-order valence-corrected chi connectivity index (χ0v) is 12.0. The summed E-state index contributed by atoms with van der Waals surface area (Å²) >= 11 is 0. The summed E-state index contributed by atoms with van der Waals surface area (Å²) in [6.07, 6.45) is 2.99. The summed E-state index contributed by atoms with van der Waals surface area (Å²) in [5, 5.41) is 0. The highest BCUT2D eigenvalue weighted by Crippen LogP contribution is 2.29. The van der Waals surface area contributed by atoms with Crippen molar-refractivity contribution in [3.8, 4) is 0 Å². The molecule has 0 radical (unpaired) electrons. The van der Waals surface area contributed by atoms with E-state index in [4.69, 9.17) is 5.73 Å². The first-order chi connectivity index (χ1) is 7.67. The van der Waals surface area contributed by atoms with Crippen LogP contribution in [0.15, 0.2) is 0 Å². The predicted octanol–water partition coefficient (Wildman–Crippen LogP) is 0.679. The minimum absolute atomic E-state index is 0.0415. The fraction of sp³-hybridized carbons (Fsp3) is 1.00. The van der Waals surface area contributed by atoms with Gasteiger partial charge in [-0.1, -0.05) is 6.42 Å². The first-order valence-electron chi connectivity index (χ1n) is 6.14. The second-order valence-corrected chi connectivity index (χ2v) is 7.60. The van der Waals surface area contributed by atoms with Crippen molar-refractivity contribution in [2.24, 2.45) is 11.7 Å². The molecule has 0 spiro atoms. The third-order valence-corrected chi connectivity index (χ3v) is 5.10. The van der Waals surface area contributed by atoms with Crippen LogP contribution in [0.1, 0.15) is 40.0 Å². The Morgan fingerprint density at radius 3 is 2.41 bits per heavy atom. The van der Waals surface area contributed by atoms with E-state index in [2.05, 4.69) is 4.72 Å². The van der Waals surface area contributed by atoms with Crippen LogP contribution in [0.3, 0.4) is 0 Å². The van der Waals surface area contributed by atoms with E-state index in [-0.39, 0.29) is 12.0 Å². The van der Waals surface area contributed by atoms with Gasteiger partial charge in [0.2, 0.25) is 0 Å². The lowest BCUT2D eigenvalue weighted by atomic mass is 10.0. The quantitative estimate of drug-likeness (QED) is 0.783. The fourth-order valence-electron chi connectivity index (χ4n) is 2.41. The number of hydrogen-bond acceptors (Lipinski definition) is 3. The lowest BCUT2D eigenvalue weighted by molar-refractivity contribution is 0.295. The van der Waals surface area contributed by atoms with Crippen LogP contribution >= 0.6 is 0 Å². The molecule has 2 atom stereocenters. The molecule has 0 saturated heterocycles. The number of nitrogens with one attached hydrogen (secondary N) is 1. The van der Waals surface area contributed by atoms with Gasteiger partial charge in [0.1, 0.15) is 0 Å². The zero-order chi connectivity index (χ0) is 13.3. The van der Waals surface area contributed by atoms with Gasteiger partial charge in [0.15, 0.2) is 0 Å². The van der Waals surface area contributed by atoms with E-state index in [1.807, 2.05) is 20.8 Å². The Kier molecular flexibility index (Phi) is 4.57. The molecule has 17 heavy (non-hydrogen) atoms. The van der Waals surface area contributed by atoms with Crippen LogP contribution < -0.4 is 10.5 Å². The predicted molar refractivity (Wildman–Crippen MR) is 69.8 cm³/mol. The maximum atomic E-state index is 12.2. The molecule has 0 aromatic carbocycles. The highest BCUT2D eigenvalue weighted by atomic mass is 32.2. The van der Waals surface area contributed by atoms with Gasteiger partial charge in [0.25, 0.3) is 10.2 Å². The summed E-state index contributed by atoms with van der Waals surface area (Å²) in [6.45, 7) is 6.08. The summed E-state index contributed by atoms with van der Waals surface area (Å²) in [7, 11) is -1.77. The van der Waals surface area contributed by atoms with Gasteiger partial charge in [0.05, 0.1) is 0 Å². The van der Waals surface area contributed by atoms with Gasteiger partial charge in [-0.05, 0) is 46.1 Å². The molecular weight excluding hydrogens is 238 g/mol. The molecule has 1 aliphatic rings. The Hall–Kier alpha value is -0.170. The summed E-state index contributed by atoms with van der Waals surface area (Å²) in [4.78, 5) is 0. The minimum atomic E-state index is -3.42. The lowest BCUT2D eigenvalue weighted by Gasteiger charge is -2.31. The van der Waals surface area contributed by atoms with Crippen LogP contribution in [0.4, 0.5) is 0 Å². The molecular formula is C11H25N3O2S. The number of rotatable bonds is 4. The van der Waals surface area contributed by atoms with Crippen LogP contribution in [0, 0.1) is 5.92 Å². The van der Waals surface area contributed by atoms with Crippen molar-refractivity contribution in [3.63, 3.8) is 0 Å². The largest absolute Gasteiger partial charge is 0.330 e. The molecule has 2 unspecified atom stereocenters. The Morgan fingerprint density at radius 2 is 1.94 bits per heavy atom. The normalized spacial score (nSPS) is 26.7. The topological polar surface area (TPSA) is 75.4 Å². The van der Waals surface area contributed by atoms with Gasteiger partial charge >= 0.3 is 0 Å². The van der Waals surface area contributed by atoms with Crippen molar-refractivity contribution in [3.05, 3.63) is 0 Å². The van der Waals surface area contributed by atoms with Gasteiger partial charge in [-0.2, -0.15) is 17.4 Å². The number of nitrogens with two attached hydrogens (primary N) is 1. The number of nitrogens with zero attached hydrogens (tertiary/aromatic N) is 1. The Morgan fingerprint density at radius 1 is 1.35 bits per heavy atom. The highest BCUT2D eigenvalue weighted by molar-refractivity contribution is 7.87. The van der Waals surface area contributed by atoms with Crippen molar-refractivity contribution >= 4 is 10.2 Å². The van der Waals surface area contributed by atoms with Gasteiger partial charge < -0.3 is 5.73 Å². The van der Waals surface area contributed by atoms with Crippen LogP contribution in [-0.4, -0.2) is 37.9 Å². The molecule has 1 rings (SSSR count). The average molecular weight is 263 g/mol. The van der Waals surface area contributed by atoms with E-state index in [1.165, 1.54) is 4.31 Å². The van der Waals surface area contributed by atoms with Crippen molar-refractivity contribution in [2.75, 3.05) is 13.6 Å². The molecule has 0 amide bonds. The maximum Gasteiger partial charge on any atom is 0.279 e. The summed E-state index contributed by atoms with van der Waals surface area (Å²) in [5.41, 5.74) is 5.24. The zero-order valence-electron chi connectivity index (χ0n) is 11.2. The van der Waals surface area contributed by atoms with E-state index in [0.717, 1.165) is 19.3 Å². The second kappa shape index (κ2) is 5.22. The standard InChI is InChI=1S/C11H25N3O2S/c1-11(2,3)13-17(15,16)14(4)10-7-5-6-9(10)8-12/h9-10,13H,5-8,12H2,1-4H3. The second-order valence-electron chi connectivity index (χ2n) is 5.87. The monoisotopic (exact) mass is 263 g/mol. The molecule has 0 aliphatic heterocycles. The summed E-state index contributed by atoms with van der Waals surface area (Å²) in [5.74, 6) is 0.288. The Bertz CT molecular complexity index is 348. The molecule has 0 aromatic rings. The van der Waals surface area contributed by atoms with Gasteiger partial charge in [-0.15, -0.1) is 0 Å². The van der Waals surface area contributed by atoms with Crippen molar-refractivity contribution in [1.29, 1.82) is 0 Å². The van der Waals surface area contributed by atoms with E-state index >= 15 is 0 Å². The van der Waals surface area contributed by atoms with Crippen LogP contribution in [0.2, 0.25) is 0 Å². The Labute approximate surface area is 105 Å². The van der Waals surface area contributed by atoms with E-state index in [9.17, 15) is 8.42 Å². The first kappa shape index (κ1) is 14.9. The average Bonchev–Trinajstić information content (AvgIpc) is 2.59. The van der Waals surface area contributed by atoms with Crippen LogP contribution in [0.25, 0.3) is 0 Å². The van der Waals surface area contributed by atoms with Gasteiger partial charge in [-0.25, -0.2) is 0 Å². The molecule has 3 N–H and O–H groups in total. The summed E-state index contributed by atoms with van der Waals surface area (Å²) < 4.78 is 28.5. The van der Waals surface area contributed by atoms with Gasteiger partial charge in [-0.3, -0.25) is 0 Å². The number of hydrogen-bond donors (Lipinski definition) is 2. The van der Waals surface area contributed by atoms with E-state index in [0.29, 0.717) is 6.54 Å². The maximum absolute atomic E-state index is 12.2. The van der Waals surface area contributed by atoms with Crippen LogP contribution in [0.5, 0.6) is 0 Å². The third-order valence-electron chi connectivity index (χ3n) is 3.20. The minimum Gasteiger partial charge on any atom is -0.330 e. The molecule has 5 nitrogen and oxygen atoms in total. The van der Waals surface area contributed by atoms with E-state index < -0.39 is 15.7 Å². The Balaban J connectivity index is 2.78. The molecule has 0 heterocycles. The lowest BCUT2D eigenvalue weighted by Crippen LogP contribution is -2.52. The highest BCUT2D eigenvalue weighted by Gasteiger charge is 2.36. The van der Waals surface area contributed by atoms with Crippen molar-refractivity contribution in [1.82, 2.24) is 9.03 Å². The summed E-state index contributed by atoms with van der Waals surface area (Å²) in [6, 6.07) is 0.0415. The van der Waals surface area contributed by atoms with Crippen molar-refractivity contribution in [2.45, 2.75) is 51.6 Å². The molecule has 0 bridgehead atoms. The molecule has 6 heteroatoms. The molecule has 102 valence electrons. The van der Waals surface area contributed by atoms with Gasteiger partial charge in [0, 0.05) is 18.6 Å². The smallest absolute Gasteiger partial charge is 0.279 e. The molecule has 0 aromatic heterocycles. The first-order valence-corrected chi connectivity index (χ1v) is 7.58. The SMILES string of the molecule is CN(C1CCCC1CN)S(=O)(=O)NC(C)(C)C. The molecule has 1 saturated carbocycles.